The molecule has 2 aromatic carbocycles. The second-order valence-electron chi connectivity index (χ2n) is 11.0. The third kappa shape index (κ3) is 8.24. The first-order chi connectivity index (χ1) is 19.9. The van der Waals surface area contributed by atoms with Crippen LogP contribution in [0.1, 0.15) is 44.1 Å². The van der Waals surface area contributed by atoms with E-state index < -0.39 is 32.8 Å². The van der Waals surface area contributed by atoms with E-state index in [0.717, 1.165) is 5.56 Å². The number of hydrogen-bond donors (Lipinski definition) is 3. The van der Waals surface area contributed by atoms with Gasteiger partial charge < -0.3 is 20.1 Å². The quantitative estimate of drug-likeness (QED) is 0.161. The van der Waals surface area contributed by atoms with Crippen LogP contribution in [0.15, 0.2) is 66.4 Å². The number of ether oxygens (including phenoxy) is 1. The molecule has 0 spiro atoms. The minimum Gasteiger partial charge on any atom is -0.506 e. The van der Waals surface area contributed by atoms with Crippen molar-refractivity contribution in [2.24, 2.45) is 0 Å². The summed E-state index contributed by atoms with van der Waals surface area (Å²) in [7, 11) is -3.67. The molecule has 1 saturated heterocycles. The highest BCUT2D eigenvalue weighted by molar-refractivity contribution is 7.93. The minimum atomic E-state index is -3.67. The van der Waals surface area contributed by atoms with Gasteiger partial charge >= 0.3 is 0 Å². The smallest absolute Gasteiger partial charge is 0.266 e. The van der Waals surface area contributed by atoms with Crippen LogP contribution in [0, 0.1) is 0 Å². The first-order valence-electron chi connectivity index (χ1n) is 14.0. The number of aromatic hydroxyl groups is 1. The Morgan fingerprint density at radius 3 is 2.44 bits per heavy atom. The van der Waals surface area contributed by atoms with Gasteiger partial charge in [0.2, 0.25) is 15.7 Å². The van der Waals surface area contributed by atoms with Crippen LogP contribution in [0.3, 0.4) is 0 Å². The molecule has 2 aromatic rings. The summed E-state index contributed by atoms with van der Waals surface area (Å²) in [6, 6.07) is 13.0. The summed E-state index contributed by atoms with van der Waals surface area (Å²) in [6.07, 6.45) is 3.56. The van der Waals surface area contributed by atoms with E-state index in [4.69, 9.17) is 4.74 Å². The van der Waals surface area contributed by atoms with E-state index in [1.165, 1.54) is 30.4 Å². The summed E-state index contributed by atoms with van der Waals surface area (Å²) in [5.41, 5.74) is -1.06. The van der Waals surface area contributed by atoms with Crippen molar-refractivity contribution in [1.82, 2.24) is 4.90 Å². The molecule has 0 aromatic heterocycles. The molecule has 1 unspecified atom stereocenters. The highest BCUT2D eigenvalue weighted by atomic mass is 35.5. The van der Waals surface area contributed by atoms with Gasteiger partial charge in [0.1, 0.15) is 11.5 Å². The van der Waals surface area contributed by atoms with Crippen LogP contribution in [0.25, 0.3) is 5.57 Å². The number of benzene rings is 2. The maximum atomic E-state index is 16.2. The molecule has 234 valence electrons. The molecule has 2 fully saturated rings. The number of hydrogen-bond acceptors (Lipinski definition) is 6. The van der Waals surface area contributed by atoms with Crippen molar-refractivity contribution < 1.29 is 36.2 Å². The van der Waals surface area contributed by atoms with Gasteiger partial charge in [0.25, 0.3) is 11.8 Å². The van der Waals surface area contributed by atoms with Crippen LogP contribution < -0.4 is 10.0 Å². The molecule has 5 rings (SSSR count). The Morgan fingerprint density at radius 2 is 1.77 bits per heavy atom. The fraction of sp³-hybridized carbons (Fsp3) is 0.433. The number of phenols is 1. The second-order valence-corrected chi connectivity index (χ2v) is 13.0. The van der Waals surface area contributed by atoms with E-state index in [0.29, 0.717) is 44.5 Å². The van der Waals surface area contributed by atoms with Gasteiger partial charge in [-0.25, -0.2) is 21.6 Å². The largest absolute Gasteiger partial charge is 0.506 e. The molecule has 2 aliphatic carbocycles. The molecular weight excluding hydrogens is 607 g/mol. The standard InChI is InChI=1S/C30H34F3N3O5S.ClH/c31-29(28(38)34-22-7-10-26(37)25(19-22)35-42(39,40)23-8-9-23)12-11-24(21-5-2-1-3-6-21)27(20-29)41-18-4-15-36-16-13-30(32,33)14-17-36;/h1-3,5-7,10-12,19,23,35,37H,4,8-9,13-18,20H2,(H,34,38);1H. The maximum Gasteiger partial charge on any atom is 0.266 e. The van der Waals surface area contributed by atoms with Crippen LogP contribution in [0.4, 0.5) is 24.5 Å². The Hall–Kier alpha value is -3.22. The van der Waals surface area contributed by atoms with Crippen LogP contribution in [-0.4, -0.2) is 67.4 Å². The number of nitrogens with one attached hydrogen (secondary N) is 2. The molecule has 1 heterocycles. The Bertz CT molecular complexity index is 1480. The fourth-order valence-electron chi connectivity index (χ4n) is 4.99. The predicted octanol–water partition coefficient (Wildman–Crippen LogP) is 5.87. The van der Waals surface area contributed by atoms with E-state index in [1.807, 2.05) is 35.2 Å². The zero-order valence-corrected chi connectivity index (χ0v) is 25.0. The monoisotopic (exact) mass is 641 g/mol. The SMILES string of the molecule is Cl.O=C(Nc1ccc(O)c(NS(=O)(=O)C2CC2)c1)C1(F)C=CC(c2ccccc2)=C(OCCCN2CCC(F)(F)CC2)C1. The lowest BCUT2D eigenvalue weighted by atomic mass is 9.88. The molecule has 43 heavy (non-hydrogen) atoms. The van der Waals surface area contributed by atoms with Crippen LogP contribution >= 0.6 is 12.4 Å². The van der Waals surface area contributed by atoms with E-state index >= 15 is 4.39 Å². The number of carbonyl (C=O) groups is 1. The zero-order chi connectivity index (χ0) is 30.0. The third-order valence-electron chi connectivity index (χ3n) is 7.65. The third-order valence-corrected chi connectivity index (χ3v) is 9.50. The predicted molar refractivity (Wildman–Crippen MR) is 162 cm³/mol. The lowest BCUT2D eigenvalue weighted by Crippen LogP contribution is -2.40. The van der Waals surface area contributed by atoms with Crippen molar-refractivity contribution in [3.05, 3.63) is 72.0 Å². The Balaban J connectivity index is 0.00000423. The number of nitrogens with zero attached hydrogens (tertiary/aromatic N) is 1. The van der Waals surface area contributed by atoms with Crippen molar-refractivity contribution in [2.45, 2.75) is 55.4 Å². The highest BCUT2D eigenvalue weighted by Gasteiger charge is 2.41. The summed E-state index contributed by atoms with van der Waals surface area (Å²) in [5.74, 6) is -3.64. The first kappa shape index (κ1) is 32.7. The highest BCUT2D eigenvalue weighted by Crippen LogP contribution is 2.38. The summed E-state index contributed by atoms with van der Waals surface area (Å²) in [5, 5.41) is 12.1. The van der Waals surface area contributed by atoms with E-state index in [-0.39, 0.29) is 61.2 Å². The van der Waals surface area contributed by atoms with Crippen LogP contribution in [0.5, 0.6) is 5.75 Å². The van der Waals surface area contributed by atoms with Gasteiger partial charge in [0.05, 0.1) is 24.0 Å². The molecular formula is C30H35ClF3N3O5S. The van der Waals surface area contributed by atoms with Crippen molar-refractivity contribution in [3.63, 3.8) is 0 Å². The number of alkyl halides is 3. The molecule has 3 N–H and O–H groups in total. The van der Waals surface area contributed by atoms with E-state index in [1.54, 1.807) is 0 Å². The molecule has 13 heteroatoms. The van der Waals surface area contributed by atoms with Crippen LogP contribution in [-0.2, 0) is 19.6 Å². The van der Waals surface area contributed by atoms with Gasteiger partial charge in [-0.1, -0.05) is 36.4 Å². The minimum absolute atomic E-state index is 0. The van der Waals surface area contributed by atoms with Gasteiger partial charge in [0, 0.05) is 43.7 Å². The summed E-state index contributed by atoms with van der Waals surface area (Å²) in [6.45, 7) is 1.40. The number of allylic oxidation sites excluding steroid dienone is 3. The van der Waals surface area contributed by atoms with E-state index in [9.17, 15) is 27.1 Å². The second kappa shape index (κ2) is 13.2. The number of rotatable bonds is 11. The lowest BCUT2D eigenvalue weighted by Gasteiger charge is -2.32. The normalized spacial score (nSPS) is 22.0. The summed E-state index contributed by atoms with van der Waals surface area (Å²) < 4.78 is 76.1. The number of carbonyl (C=O) groups excluding carboxylic acids is 1. The van der Waals surface area contributed by atoms with Gasteiger partial charge in [-0.3, -0.25) is 9.52 Å². The number of likely N-dealkylation sites (tertiary alicyclic amines) is 1. The average Bonchev–Trinajstić information content (AvgIpc) is 3.81. The number of halogens is 4. The molecule has 1 atom stereocenters. The zero-order valence-electron chi connectivity index (χ0n) is 23.4. The van der Waals surface area contributed by atoms with Gasteiger partial charge in [-0.05, 0) is 49.1 Å². The number of phenolic OH excluding ortho intramolecular Hbond substituents is 1. The first-order valence-corrected chi connectivity index (χ1v) is 15.5. The molecule has 3 aliphatic rings. The van der Waals surface area contributed by atoms with Crippen molar-refractivity contribution in [1.29, 1.82) is 0 Å². The molecule has 1 amide bonds. The van der Waals surface area contributed by atoms with Gasteiger partial charge in [-0.15, -0.1) is 12.4 Å². The average molecular weight is 642 g/mol. The molecule has 8 nitrogen and oxygen atoms in total. The topological polar surface area (TPSA) is 108 Å². The Kier molecular flexibility index (Phi) is 10.0. The van der Waals surface area contributed by atoms with Crippen molar-refractivity contribution in [2.75, 3.05) is 36.3 Å². The molecule has 1 aliphatic heterocycles. The Labute approximate surface area is 255 Å². The van der Waals surface area contributed by atoms with Gasteiger partial charge in [-0.2, -0.15) is 0 Å². The lowest BCUT2D eigenvalue weighted by molar-refractivity contribution is -0.125. The van der Waals surface area contributed by atoms with Crippen LogP contribution in [0.2, 0.25) is 0 Å². The maximum absolute atomic E-state index is 16.2. The number of anilines is 2. The molecule has 1 saturated carbocycles. The van der Waals surface area contributed by atoms with Gasteiger partial charge in [0.15, 0.2) is 0 Å². The number of amides is 1. The van der Waals surface area contributed by atoms with E-state index in [2.05, 4.69) is 10.0 Å². The Morgan fingerprint density at radius 1 is 1.07 bits per heavy atom. The molecule has 0 radical (unpaired) electrons. The number of piperidine rings is 1. The summed E-state index contributed by atoms with van der Waals surface area (Å²) >= 11 is 0. The molecule has 0 bridgehead atoms. The van der Waals surface area contributed by atoms with Crippen molar-refractivity contribution in [3.8, 4) is 5.75 Å². The van der Waals surface area contributed by atoms with Crippen molar-refractivity contribution >= 4 is 45.3 Å². The number of sulfonamides is 1. The summed E-state index contributed by atoms with van der Waals surface area (Å²) in [4.78, 5) is 15.1. The fourth-order valence-corrected chi connectivity index (χ4v) is 6.38.